The van der Waals surface area contributed by atoms with Gasteiger partial charge in [-0.3, -0.25) is 4.98 Å². The molecule has 5 nitrogen and oxygen atoms in total. The van der Waals surface area contributed by atoms with Gasteiger partial charge in [-0.05, 0) is 73.7 Å². The number of methoxy groups -OCH3 is 1. The number of nitrogens with zero attached hydrogens (tertiary/aromatic N) is 2. The van der Waals surface area contributed by atoms with Gasteiger partial charge >= 0.3 is 0 Å². The Labute approximate surface area is 172 Å². The number of hydrogen-bond acceptors (Lipinski definition) is 5. The molecule has 0 spiro atoms. The summed E-state index contributed by atoms with van der Waals surface area (Å²) in [5.41, 5.74) is 9.87. The molecule has 3 aromatic rings. The van der Waals surface area contributed by atoms with Crippen molar-refractivity contribution in [1.29, 1.82) is 0 Å². The second-order valence-electron chi connectivity index (χ2n) is 7.40. The molecule has 2 aromatic carbocycles. The Bertz CT molecular complexity index is 923. The van der Waals surface area contributed by atoms with E-state index in [4.69, 9.17) is 15.2 Å². The quantitative estimate of drug-likeness (QED) is 0.553. The molecule has 1 heterocycles. The van der Waals surface area contributed by atoms with Crippen LogP contribution in [0.15, 0.2) is 67.0 Å². The average molecular weight is 389 g/mol. The van der Waals surface area contributed by atoms with Gasteiger partial charge in [-0.2, -0.15) is 0 Å². The van der Waals surface area contributed by atoms with E-state index in [1.807, 2.05) is 42.6 Å². The molecule has 0 amide bonds. The SMILES string of the molecule is COc1ccc(N(Cc2cccnc2)c2ccc(N)cc2)cc1OC1CCCC1. The van der Waals surface area contributed by atoms with E-state index in [0.29, 0.717) is 6.54 Å². The van der Waals surface area contributed by atoms with Crippen molar-refractivity contribution < 1.29 is 9.47 Å². The van der Waals surface area contributed by atoms with Crippen molar-refractivity contribution in [2.75, 3.05) is 17.7 Å². The molecule has 150 valence electrons. The molecule has 1 aromatic heterocycles. The first-order valence-electron chi connectivity index (χ1n) is 10.1. The number of hydrogen-bond donors (Lipinski definition) is 1. The van der Waals surface area contributed by atoms with Crippen LogP contribution < -0.4 is 20.1 Å². The maximum atomic E-state index is 6.31. The first-order chi connectivity index (χ1) is 14.2. The smallest absolute Gasteiger partial charge is 0.163 e. The van der Waals surface area contributed by atoms with Gasteiger partial charge in [0.2, 0.25) is 0 Å². The van der Waals surface area contributed by atoms with E-state index < -0.39 is 0 Å². The number of ether oxygens (including phenoxy) is 2. The van der Waals surface area contributed by atoms with Gasteiger partial charge in [0.05, 0.1) is 13.2 Å². The van der Waals surface area contributed by atoms with Gasteiger partial charge in [-0.15, -0.1) is 0 Å². The van der Waals surface area contributed by atoms with Gasteiger partial charge in [0.1, 0.15) is 0 Å². The summed E-state index contributed by atoms with van der Waals surface area (Å²) in [5.74, 6) is 1.56. The van der Waals surface area contributed by atoms with Crippen molar-refractivity contribution in [3.8, 4) is 11.5 Å². The van der Waals surface area contributed by atoms with Gasteiger partial charge in [0.15, 0.2) is 11.5 Å². The minimum absolute atomic E-state index is 0.266. The lowest BCUT2D eigenvalue weighted by molar-refractivity contribution is 0.201. The molecule has 4 rings (SSSR count). The summed E-state index contributed by atoms with van der Waals surface area (Å²) < 4.78 is 11.9. The Morgan fingerprint density at radius 1 is 1.00 bits per heavy atom. The number of nitrogens with two attached hydrogens (primary N) is 1. The fourth-order valence-corrected chi connectivity index (χ4v) is 3.77. The number of rotatable bonds is 7. The zero-order chi connectivity index (χ0) is 20.1. The third kappa shape index (κ3) is 4.62. The van der Waals surface area contributed by atoms with Crippen LogP contribution in [0.3, 0.4) is 0 Å². The highest BCUT2D eigenvalue weighted by Crippen LogP contribution is 2.37. The Balaban J connectivity index is 1.69. The fourth-order valence-electron chi connectivity index (χ4n) is 3.77. The molecule has 0 saturated heterocycles. The molecule has 0 atom stereocenters. The molecule has 1 saturated carbocycles. The number of nitrogen functional groups attached to an aromatic ring is 1. The third-order valence-electron chi connectivity index (χ3n) is 5.32. The predicted molar refractivity (Wildman–Crippen MR) is 117 cm³/mol. The Kier molecular flexibility index (Phi) is 5.84. The van der Waals surface area contributed by atoms with Gasteiger partial charge in [-0.1, -0.05) is 6.07 Å². The molecular weight excluding hydrogens is 362 g/mol. The van der Waals surface area contributed by atoms with Crippen molar-refractivity contribution in [2.24, 2.45) is 0 Å². The van der Waals surface area contributed by atoms with Crippen molar-refractivity contribution >= 4 is 17.1 Å². The standard InChI is InChI=1S/C24H27N3O2/c1-28-23-13-12-21(15-24(23)29-22-6-2-3-7-22)27(17-18-5-4-14-26-16-18)20-10-8-19(25)9-11-20/h4-5,8-16,22H,2-3,6-7,17,25H2,1H3. The van der Waals surface area contributed by atoms with E-state index in [2.05, 4.69) is 28.1 Å². The monoisotopic (exact) mass is 389 g/mol. The summed E-state index contributed by atoms with van der Waals surface area (Å²) in [4.78, 5) is 6.49. The van der Waals surface area contributed by atoms with Crippen molar-refractivity contribution in [3.05, 3.63) is 72.6 Å². The van der Waals surface area contributed by atoms with Crippen molar-refractivity contribution in [2.45, 2.75) is 38.3 Å². The zero-order valence-corrected chi connectivity index (χ0v) is 16.8. The van der Waals surface area contributed by atoms with Gasteiger partial charge < -0.3 is 20.1 Å². The number of aromatic nitrogens is 1. The van der Waals surface area contributed by atoms with Crippen LogP contribution in [-0.4, -0.2) is 18.2 Å². The lowest BCUT2D eigenvalue weighted by Crippen LogP contribution is -2.17. The predicted octanol–water partition coefficient (Wildman–Crippen LogP) is 5.33. The summed E-state index contributed by atoms with van der Waals surface area (Å²) in [7, 11) is 1.68. The molecule has 5 heteroatoms. The van der Waals surface area contributed by atoms with Crippen LogP contribution in [0.4, 0.5) is 17.1 Å². The molecule has 2 N–H and O–H groups in total. The second kappa shape index (κ2) is 8.86. The number of pyridine rings is 1. The van der Waals surface area contributed by atoms with E-state index in [0.717, 1.165) is 47.0 Å². The lowest BCUT2D eigenvalue weighted by Gasteiger charge is -2.27. The van der Waals surface area contributed by atoms with Crippen LogP contribution in [0.2, 0.25) is 0 Å². The van der Waals surface area contributed by atoms with Crippen molar-refractivity contribution in [3.63, 3.8) is 0 Å². The Morgan fingerprint density at radius 2 is 1.76 bits per heavy atom. The van der Waals surface area contributed by atoms with Gasteiger partial charge in [-0.25, -0.2) is 0 Å². The molecule has 1 fully saturated rings. The summed E-state index contributed by atoms with van der Waals surface area (Å²) in [6, 6.07) is 18.1. The highest BCUT2D eigenvalue weighted by Gasteiger charge is 2.20. The summed E-state index contributed by atoms with van der Waals surface area (Å²) in [6.45, 7) is 0.687. The van der Waals surface area contributed by atoms with Crippen molar-refractivity contribution in [1.82, 2.24) is 4.98 Å². The van der Waals surface area contributed by atoms with E-state index in [1.54, 1.807) is 13.3 Å². The minimum Gasteiger partial charge on any atom is -0.493 e. The van der Waals surface area contributed by atoms with Crippen LogP contribution in [0.1, 0.15) is 31.2 Å². The molecule has 0 unspecified atom stereocenters. The molecular formula is C24H27N3O2. The maximum absolute atomic E-state index is 6.31. The maximum Gasteiger partial charge on any atom is 0.163 e. The Hall–Kier alpha value is -3.21. The first kappa shape index (κ1) is 19.1. The number of anilines is 3. The third-order valence-corrected chi connectivity index (χ3v) is 5.32. The summed E-state index contributed by atoms with van der Waals surface area (Å²) in [5, 5.41) is 0. The second-order valence-corrected chi connectivity index (χ2v) is 7.40. The van der Waals surface area contributed by atoms with Crippen LogP contribution in [-0.2, 0) is 6.54 Å². The van der Waals surface area contributed by atoms with Crippen LogP contribution >= 0.6 is 0 Å². The van der Waals surface area contributed by atoms with E-state index in [9.17, 15) is 0 Å². The van der Waals surface area contributed by atoms with E-state index in [-0.39, 0.29) is 6.10 Å². The highest BCUT2D eigenvalue weighted by molar-refractivity contribution is 5.68. The first-order valence-corrected chi connectivity index (χ1v) is 10.1. The fraction of sp³-hybridized carbons (Fsp3) is 0.292. The highest BCUT2D eigenvalue weighted by atomic mass is 16.5. The molecule has 0 aliphatic heterocycles. The number of benzene rings is 2. The summed E-state index contributed by atoms with van der Waals surface area (Å²) >= 11 is 0. The molecule has 0 radical (unpaired) electrons. The summed E-state index contributed by atoms with van der Waals surface area (Å²) in [6.07, 6.45) is 8.61. The Morgan fingerprint density at radius 3 is 2.45 bits per heavy atom. The van der Waals surface area contributed by atoms with Gasteiger partial charge in [0.25, 0.3) is 0 Å². The van der Waals surface area contributed by atoms with Crippen LogP contribution in [0.25, 0.3) is 0 Å². The van der Waals surface area contributed by atoms with E-state index in [1.165, 1.54) is 12.8 Å². The molecule has 1 aliphatic rings. The molecule has 0 bridgehead atoms. The molecule has 29 heavy (non-hydrogen) atoms. The zero-order valence-electron chi connectivity index (χ0n) is 16.8. The molecule has 1 aliphatic carbocycles. The lowest BCUT2D eigenvalue weighted by atomic mass is 10.1. The van der Waals surface area contributed by atoms with Gasteiger partial charge in [0, 0.05) is 42.1 Å². The average Bonchev–Trinajstić information content (AvgIpc) is 3.27. The largest absolute Gasteiger partial charge is 0.493 e. The normalized spacial score (nSPS) is 14.0. The van der Waals surface area contributed by atoms with Crippen LogP contribution in [0, 0.1) is 0 Å². The topological polar surface area (TPSA) is 60.6 Å². The van der Waals surface area contributed by atoms with E-state index >= 15 is 0 Å². The van der Waals surface area contributed by atoms with Crippen LogP contribution in [0.5, 0.6) is 11.5 Å². The minimum atomic E-state index is 0.266.